The molecule has 0 saturated carbocycles. The Balaban J connectivity index is 2.67. The molecular formula is C10H7N3O3S. The zero-order valence-corrected chi connectivity index (χ0v) is 9.56. The summed E-state index contributed by atoms with van der Waals surface area (Å²) in [6, 6.07) is 1.78. The predicted octanol–water partition coefficient (Wildman–Crippen LogP) is 0.946. The maximum Gasteiger partial charge on any atom is 0.358 e. The standard InChI is InChI=1S/C10H7N3O3S/c1-12-8-6(10(15)16)11-4-13(8)5-2-3-17-7(5)9(12)14/h2-4H,1H3,(H,15,16). The van der Waals surface area contributed by atoms with E-state index in [9.17, 15) is 9.59 Å². The molecule has 0 bridgehead atoms. The summed E-state index contributed by atoms with van der Waals surface area (Å²) in [4.78, 5) is 26.9. The SMILES string of the molecule is Cn1c(=O)c2sccc2n2cnc(C(=O)O)c12. The van der Waals surface area contributed by atoms with Gasteiger partial charge in [-0.25, -0.2) is 9.78 Å². The van der Waals surface area contributed by atoms with Crippen molar-refractivity contribution >= 4 is 33.2 Å². The number of thiophene rings is 1. The number of aromatic carboxylic acids is 1. The van der Waals surface area contributed by atoms with Gasteiger partial charge in [0.05, 0.1) is 5.52 Å². The van der Waals surface area contributed by atoms with E-state index in [1.807, 2.05) is 0 Å². The number of imidazole rings is 1. The fraction of sp³-hybridized carbons (Fsp3) is 0.100. The number of hydrogen-bond acceptors (Lipinski definition) is 4. The van der Waals surface area contributed by atoms with Crippen LogP contribution in [0.15, 0.2) is 22.6 Å². The van der Waals surface area contributed by atoms with Gasteiger partial charge in [-0.3, -0.25) is 13.8 Å². The quantitative estimate of drug-likeness (QED) is 0.696. The Morgan fingerprint density at radius 1 is 1.53 bits per heavy atom. The third-order valence-electron chi connectivity index (χ3n) is 2.67. The monoisotopic (exact) mass is 249 g/mol. The molecular weight excluding hydrogens is 242 g/mol. The van der Waals surface area contributed by atoms with Crippen molar-refractivity contribution < 1.29 is 9.90 Å². The average molecular weight is 249 g/mol. The van der Waals surface area contributed by atoms with Crippen LogP contribution in [-0.2, 0) is 7.05 Å². The smallest absolute Gasteiger partial charge is 0.358 e. The Bertz CT molecular complexity index is 811. The second-order valence-corrected chi connectivity index (χ2v) is 4.51. The van der Waals surface area contributed by atoms with Gasteiger partial charge in [0.25, 0.3) is 5.56 Å². The average Bonchev–Trinajstić information content (AvgIpc) is 2.90. The highest BCUT2D eigenvalue weighted by Gasteiger charge is 2.18. The maximum absolute atomic E-state index is 12.0. The number of carbonyl (C=O) groups is 1. The van der Waals surface area contributed by atoms with E-state index in [0.717, 1.165) is 0 Å². The van der Waals surface area contributed by atoms with Gasteiger partial charge in [0.1, 0.15) is 11.0 Å². The topological polar surface area (TPSA) is 76.6 Å². The molecule has 0 unspecified atom stereocenters. The van der Waals surface area contributed by atoms with E-state index in [2.05, 4.69) is 4.98 Å². The lowest BCUT2D eigenvalue weighted by molar-refractivity contribution is 0.0693. The van der Waals surface area contributed by atoms with Crippen LogP contribution in [0.25, 0.3) is 15.9 Å². The Morgan fingerprint density at radius 3 is 3.00 bits per heavy atom. The van der Waals surface area contributed by atoms with Gasteiger partial charge in [-0.05, 0) is 11.4 Å². The van der Waals surface area contributed by atoms with Crippen LogP contribution >= 0.6 is 11.3 Å². The number of aryl methyl sites for hydroxylation is 1. The molecule has 86 valence electrons. The van der Waals surface area contributed by atoms with E-state index in [1.165, 1.54) is 22.2 Å². The van der Waals surface area contributed by atoms with Crippen molar-refractivity contribution in [2.75, 3.05) is 0 Å². The normalized spacial score (nSPS) is 11.4. The lowest BCUT2D eigenvalue weighted by Crippen LogP contribution is -2.19. The predicted molar refractivity (Wildman–Crippen MR) is 62.8 cm³/mol. The van der Waals surface area contributed by atoms with Gasteiger partial charge < -0.3 is 5.11 Å². The van der Waals surface area contributed by atoms with Crippen molar-refractivity contribution in [2.45, 2.75) is 0 Å². The van der Waals surface area contributed by atoms with Crippen molar-refractivity contribution in [3.63, 3.8) is 0 Å². The molecule has 0 saturated heterocycles. The van der Waals surface area contributed by atoms with Crippen LogP contribution in [-0.4, -0.2) is 25.0 Å². The summed E-state index contributed by atoms with van der Waals surface area (Å²) in [5.74, 6) is -1.14. The molecule has 3 aromatic heterocycles. The van der Waals surface area contributed by atoms with Crippen LogP contribution in [0.3, 0.4) is 0 Å². The Hall–Kier alpha value is -2.15. The molecule has 0 aliphatic rings. The second-order valence-electron chi connectivity index (χ2n) is 3.59. The zero-order valence-electron chi connectivity index (χ0n) is 8.75. The van der Waals surface area contributed by atoms with Crippen molar-refractivity contribution in [3.8, 4) is 0 Å². The van der Waals surface area contributed by atoms with Gasteiger partial charge in [-0.15, -0.1) is 11.3 Å². The first kappa shape index (κ1) is 10.0. The number of aromatic nitrogens is 3. The number of carboxylic acid groups (broad SMARTS) is 1. The molecule has 0 radical (unpaired) electrons. The van der Waals surface area contributed by atoms with Crippen LogP contribution in [0, 0.1) is 0 Å². The Labute approximate surface area is 98.4 Å². The minimum Gasteiger partial charge on any atom is -0.476 e. The number of rotatable bonds is 1. The van der Waals surface area contributed by atoms with Crippen LogP contribution in [0.1, 0.15) is 10.5 Å². The molecule has 6 nitrogen and oxygen atoms in total. The molecule has 3 rings (SSSR count). The van der Waals surface area contributed by atoms with Crippen molar-refractivity contribution in [2.24, 2.45) is 7.05 Å². The van der Waals surface area contributed by atoms with Crippen LogP contribution in [0.2, 0.25) is 0 Å². The zero-order chi connectivity index (χ0) is 12.2. The molecule has 0 amide bonds. The molecule has 0 atom stereocenters. The van der Waals surface area contributed by atoms with Gasteiger partial charge >= 0.3 is 5.97 Å². The summed E-state index contributed by atoms with van der Waals surface area (Å²) in [7, 11) is 1.55. The first-order valence-corrected chi connectivity index (χ1v) is 5.65. The van der Waals surface area contributed by atoms with Crippen LogP contribution < -0.4 is 5.56 Å². The molecule has 0 aliphatic carbocycles. The van der Waals surface area contributed by atoms with Crippen molar-refractivity contribution in [3.05, 3.63) is 33.8 Å². The number of carboxylic acids is 1. The van der Waals surface area contributed by atoms with E-state index in [1.54, 1.807) is 22.9 Å². The van der Waals surface area contributed by atoms with E-state index in [-0.39, 0.29) is 11.3 Å². The fourth-order valence-electron chi connectivity index (χ4n) is 1.89. The molecule has 0 aromatic carbocycles. The summed E-state index contributed by atoms with van der Waals surface area (Å²) in [6.45, 7) is 0. The minimum atomic E-state index is -1.14. The van der Waals surface area contributed by atoms with Gasteiger partial charge in [0, 0.05) is 7.05 Å². The van der Waals surface area contributed by atoms with E-state index in [0.29, 0.717) is 15.9 Å². The highest BCUT2D eigenvalue weighted by Crippen LogP contribution is 2.20. The van der Waals surface area contributed by atoms with Gasteiger partial charge in [-0.1, -0.05) is 0 Å². The van der Waals surface area contributed by atoms with E-state index >= 15 is 0 Å². The van der Waals surface area contributed by atoms with Crippen molar-refractivity contribution in [1.29, 1.82) is 0 Å². The number of fused-ring (bicyclic) bond motifs is 3. The first-order valence-electron chi connectivity index (χ1n) is 4.78. The third-order valence-corrected chi connectivity index (χ3v) is 3.56. The highest BCUT2D eigenvalue weighted by atomic mass is 32.1. The molecule has 1 N–H and O–H groups in total. The van der Waals surface area contributed by atoms with Gasteiger partial charge in [-0.2, -0.15) is 0 Å². The fourth-order valence-corrected chi connectivity index (χ4v) is 2.75. The van der Waals surface area contributed by atoms with Gasteiger partial charge in [0.15, 0.2) is 11.3 Å². The summed E-state index contributed by atoms with van der Waals surface area (Å²) >= 11 is 1.33. The summed E-state index contributed by atoms with van der Waals surface area (Å²) < 4.78 is 3.53. The summed E-state index contributed by atoms with van der Waals surface area (Å²) in [5.41, 5.74) is 0.671. The minimum absolute atomic E-state index is 0.113. The molecule has 17 heavy (non-hydrogen) atoms. The van der Waals surface area contributed by atoms with Crippen molar-refractivity contribution in [1.82, 2.24) is 14.0 Å². The molecule has 0 fully saturated rings. The molecule has 3 heterocycles. The molecule has 0 aliphatic heterocycles. The molecule has 0 spiro atoms. The number of hydrogen-bond donors (Lipinski definition) is 1. The highest BCUT2D eigenvalue weighted by molar-refractivity contribution is 7.17. The molecule has 3 aromatic rings. The largest absolute Gasteiger partial charge is 0.476 e. The number of nitrogens with zero attached hydrogens (tertiary/aromatic N) is 3. The maximum atomic E-state index is 12.0. The van der Waals surface area contributed by atoms with Crippen LogP contribution in [0.4, 0.5) is 0 Å². The van der Waals surface area contributed by atoms with Crippen LogP contribution in [0.5, 0.6) is 0 Å². The lowest BCUT2D eigenvalue weighted by Gasteiger charge is -2.03. The summed E-state index contributed by atoms with van der Waals surface area (Å²) in [6.07, 6.45) is 1.42. The van der Waals surface area contributed by atoms with Gasteiger partial charge in [0.2, 0.25) is 0 Å². The second kappa shape index (κ2) is 3.17. The third kappa shape index (κ3) is 1.17. The summed E-state index contributed by atoms with van der Waals surface area (Å²) in [5, 5.41) is 10.8. The lowest BCUT2D eigenvalue weighted by atomic mass is 10.4. The van der Waals surface area contributed by atoms with E-state index < -0.39 is 5.97 Å². The first-order chi connectivity index (χ1) is 8.11. The Morgan fingerprint density at radius 2 is 2.29 bits per heavy atom. The van der Waals surface area contributed by atoms with E-state index in [4.69, 9.17) is 5.11 Å². The molecule has 7 heteroatoms. The Kier molecular flexibility index (Phi) is 1.87.